The Labute approximate surface area is 207 Å². The smallest absolute Gasteiger partial charge is 0.0701 e. The van der Waals surface area contributed by atoms with Gasteiger partial charge < -0.3 is 19.3 Å². The molecular formula is C29H60O4. The van der Waals surface area contributed by atoms with Crippen molar-refractivity contribution in [3.05, 3.63) is 0 Å². The summed E-state index contributed by atoms with van der Waals surface area (Å²) in [5.74, 6) is 0. The van der Waals surface area contributed by atoms with E-state index in [-0.39, 0.29) is 39.1 Å². The minimum Gasteiger partial charge on any atom is -0.396 e. The predicted octanol–water partition coefficient (Wildman–Crippen LogP) is 7.38. The lowest BCUT2D eigenvalue weighted by molar-refractivity contribution is -0.0947. The molecule has 33 heavy (non-hydrogen) atoms. The lowest BCUT2D eigenvalue weighted by Crippen LogP contribution is -2.46. The minimum absolute atomic E-state index is 0.0460. The van der Waals surface area contributed by atoms with E-state index >= 15 is 0 Å². The first-order valence-corrected chi connectivity index (χ1v) is 13.1. The summed E-state index contributed by atoms with van der Waals surface area (Å²) in [5.41, 5.74) is 0.420. The van der Waals surface area contributed by atoms with E-state index in [1.807, 2.05) is 0 Å². The molecule has 0 saturated heterocycles. The van der Waals surface area contributed by atoms with Crippen LogP contribution >= 0.6 is 0 Å². The maximum atomic E-state index is 10.3. The summed E-state index contributed by atoms with van der Waals surface area (Å²) < 4.78 is 17.9. The fourth-order valence-electron chi connectivity index (χ4n) is 5.06. The van der Waals surface area contributed by atoms with Crippen molar-refractivity contribution in [2.45, 2.75) is 109 Å². The van der Waals surface area contributed by atoms with Crippen LogP contribution in [0.25, 0.3) is 0 Å². The van der Waals surface area contributed by atoms with Crippen molar-refractivity contribution in [1.82, 2.24) is 0 Å². The van der Waals surface area contributed by atoms with Crippen molar-refractivity contribution in [2.75, 3.05) is 46.2 Å². The Kier molecular flexibility index (Phi) is 12.6. The zero-order valence-corrected chi connectivity index (χ0v) is 24.7. The van der Waals surface area contributed by atoms with Crippen LogP contribution < -0.4 is 0 Å². The second-order valence-electron chi connectivity index (χ2n) is 14.8. The number of aliphatic hydroxyl groups excluding tert-OH is 1. The fraction of sp³-hybridized carbons (Fsp3) is 1.00. The van der Waals surface area contributed by atoms with Crippen LogP contribution in [0.5, 0.6) is 0 Å². The molecule has 0 aliphatic heterocycles. The van der Waals surface area contributed by atoms with Crippen LogP contribution in [-0.2, 0) is 14.2 Å². The molecule has 0 aromatic carbocycles. The van der Waals surface area contributed by atoms with Gasteiger partial charge in [0.15, 0.2) is 0 Å². The van der Waals surface area contributed by atoms with Crippen LogP contribution in [-0.4, -0.2) is 51.4 Å². The molecule has 0 fully saturated rings. The third-order valence-electron chi connectivity index (χ3n) is 7.40. The van der Waals surface area contributed by atoms with Crippen molar-refractivity contribution in [3.8, 4) is 0 Å². The Hall–Kier alpha value is -0.160. The molecule has 0 amide bonds. The average Bonchev–Trinajstić information content (AvgIpc) is 2.60. The summed E-state index contributed by atoms with van der Waals surface area (Å²) in [6.07, 6.45) is 3.16. The van der Waals surface area contributed by atoms with Crippen molar-refractivity contribution < 1.29 is 19.3 Å². The molecule has 2 atom stereocenters. The maximum Gasteiger partial charge on any atom is 0.0701 e. The van der Waals surface area contributed by atoms with Crippen LogP contribution in [0.1, 0.15) is 109 Å². The van der Waals surface area contributed by atoms with Gasteiger partial charge in [-0.25, -0.2) is 0 Å². The first-order chi connectivity index (χ1) is 14.7. The molecule has 4 heteroatoms. The molecule has 0 aromatic rings. The SMILES string of the molecule is CCC(COCCOCCOCC(CO)(CC(C)(C)C)C(C)(C)C)(CC(C)(C)C)C(C)(C)C. The van der Waals surface area contributed by atoms with Gasteiger partial charge in [-0.1, -0.05) is 90.0 Å². The molecule has 0 radical (unpaired) electrons. The normalized spacial score (nSPS) is 17.6. The van der Waals surface area contributed by atoms with E-state index in [1.165, 1.54) is 0 Å². The van der Waals surface area contributed by atoms with Gasteiger partial charge in [0.05, 0.1) is 46.2 Å². The van der Waals surface area contributed by atoms with Gasteiger partial charge in [0, 0.05) is 5.41 Å². The molecule has 0 spiro atoms. The second-order valence-corrected chi connectivity index (χ2v) is 14.8. The molecule has 0 heterocycles. The van der Waals surface area contributed by atoms with Gasteiger partial charge in [-0.2, -0.15) is 0 Å². The maximum absolute atomic E-state index is 10.3. The minimum atomic E-state index is -0.266. The molecule has 0 aliphatic rings. The van der Waals surface area contributed by atoms with Gasteiger partial charge in [0.25, 0.3) is 0 Å². The molecule has 0 aromatic heterocycles. The molecule has 0 saturated carbocycles. The molecule has 2 unspecified atom stereocenters. The lowest BCUT2D eigenvalue weighted by atomic mass is 9.59. The topological polar surface area (TPSA) is 47.9 Å². The monoisotopic (exact) mass is 472 g/mol. The molecule has 0 aliphatic carbocycles. The van der Waals surface area contributed by atoms with Gasteiger partial charge >= 0.3 is 0 Å². The van der Waals surface area contributed by atoms with E-state index in [4.69, 9.17) is 14.2 Å². The quantitative estimate of drug-likeness (QED) is 0.268. The number of hydrogen-bond acceptors (Lipinski definition) is 4. The summed E-state index contributed by atoms with van der Waals surface area (Å²) in [6.45, 7) is 33.2. The summed E-state index contributed by atoms with van der Waals surface area (Å²) >= 11 is 0. The van der Waals surface area contributed by atoms with Crippen molar-refractivity contribution in [2.24, 2.45) is 32.5 Å². The highest BCUT2D eigenvalue weighted by molar-refractivity contribution is 4.93. The van der Waals surface area contributed by atoms with Crippen molar-refractivity contribution in [1.29, 1.82) is 0 Å². The van der Waals surface area contributed by atoms with Crippen LogP contribution in [0.4, 0.5) is 0 Å². The predicted molar refractivity (Wildman–Crippen MR) is 142 cm³/mol. The Bertz CT molecular complexity index is 482. The van der Waals surface area contributed by atoms with E-state index in [1.54, 1.807) is 0 Å². The highest BCUT2D eigenvalue weighted by atomic mass is 16.5. The van der Waals surface area contributed by atoms with E-state index in [0.29, 0.717) is 33.0 Å². The zero-order chi connectivity index (χ0) is 26.2. The van der Waals surface area contributed by atoms with Crippen LogP contribution in [0.15, 0.2) is 0 Å². The molecule has 4 nitrogen and oxygen atoms in total. The molecule has 200 valence electrons. The van der Waals surface area contributed by atoms with E-state index in [9.17, 15) is 5.11 Å². The number of rotatable bonds is 14. The van der Waals surface area contributed by atoms with Crippen LogP contribution in [0.3, 0.4) is 0 Å². The van der Waals surface area contributed by atoms with Crippen molar-refractivity contribution >= 4 is 0 Å². The Morgan fingerprint density at radius 3 is 1.15 bits per heavy atom. The highest BCUT2D eigenvalue weighted by Crippen LogP contribution is 2.49. The van der Waals surface area contributed by atoms with Gasteiger partial charge in [0.2, 0.25) is 0 Å². The van der Waals surface area contributed by atoms with E-state index < -0.39 is 0 Å². The van der Waals surface area contributed by atoms with E-state index in [0.717, 1.165) is 25.9 Å². The molecule has 0 rings (SSSR count). The first-order valence-electron chi connectivity index (χ1n) is 13.1. The van der Waals surface area contributed by atoms with Crippen molar-refractivity contribution in [3.63, 3.8) is 0 Å². The van der Waals surface area contributed by atoms with Crippen LogP contribution in [0.2, 0.25) is 0 Å². The Morgan fingerprint density at radius 2 is 0.848 bits per heavy atom. The summed E-state index contributed by atoms with van der Waals surface area (Å²) in [5, 5.41) is 10.3. The molecule has 1 N–H and O–H groups in total. The number of ether oxygens (including phenoxy) is 3. The summed E-state index contributed by atoms with van der Waals surface area (Å²) in [4.78, 5) is 0. The third kappa shape index (κ3) is 11.4. The Balaban J connectivity index is 4.52. The standard InChI is InChI=1S/C29H60O4/c1-14-28(26(8,9)10,19-24(2,3)4)22-32-17-15-31-16-18-33-23-29(21-30,27(11,12)13)20-25(5,6)7/h30H,14-23H2,1-13H3. The third-order valence-corrected chi connectivity index (χ3v) is 7.40. The largest absolute Gasteiger partial charge is 0.396 e. The highest BCUT2D eigenvalue weighted by Gasteiger charge is 2.44. The zero-order valence-electron chi connectivity index (χ0n) is 24.7. The molecular weight excluding hydrogens is 412 g/mol. The van der Waals surface area contributed by atoms with Gasteiger partial charge in [-0.3, -0.25) is 0 Å². The fourth-order valence-corrected chi connectivity index (χ4v) is 5.06. The van der Waals surface area contributed by atoms with Gasteiger partial charge in [-0.15, -0.1) is 0 Å². The van der Waals surface area contributed by atoms with Gasteiger partial charge in [0.1, 0.15) is 0 Å². The number of aliphatic hydroxyl groups is 1. The molecule has 0 bridgehead atoms. The second kappa shape index (κ2) is 12.7. The lowest BCUT2D eigenvalue weighted by Gasteiger charge is -2.48. The first kappa shape index (κ1) is 32.8. The van der Waals surface area contributed by atoms with Crippen LogP contribution in [0, 0.1) is 32.5 Å². The number of hydrogen-bond donors (Lipinski definition) is 1. The van der Waals surface area contributed by atoms with E-state index in [2.05, 4.69) is 90.0 Å². The van der Waals surface area contributed by atoms with Gasteiger partial charge in [-0.05, 0) is 46.3 Å². The summed E-state index contributed by atoms with van der Waals surface area (Å²) in [6, 6.07) is 0. The summed E-state index contributed by atoms with van der Waals surface area (Å²) in [7, 11) is 0. The Morgan fingerprint density at radius 1 is 0.515 bits per heavy atom. The average molecular weight is 473 g/mol.